The van der Waals surface area contributed by atoms with Gasteiger partial charge in [-0.05, 0) is 48.6 Å². The zero-order valence-electron chi connectivity index (χ0n) is 25.1. The summed E-state index contributed by atoms with van der Waals surface area (Å²) in [6, 6.07) is 13.2. The van der Waals surface area contributed by atoms with E-state index in [9.17, 15) is 19.5 Å². The second-order valence-corrected chi connectivity index (χ2v) is 13.7. The van der Waals surface area contributed by atoms with Crippen molar-refractivity contribution in [3.05, 3.63) is 69.8 Å². The van der Waals surface area contributed by atoms with Gasteiger partial charge in [0.25, 0.3) is 0 Å². The van der Waals surface area contributed by atoms with Crippen LogP contribution in [0.4, 0.5) is 0 Å². The van der Waals surface area contributed by atoms with Gasteiger partial charge in [-0.15, -0.1) is 11.3 Å². The number of likely N-dealkylation sites (tertiary alicyclic amines) is 1. The Morgan fingerprint density at radius 2 is 1.88 bits per heavy atom. The highest BCUT2D eigenvalue weighted by molar-refractivity contribution is 9.10. The van der Waals surface area contributed by atoms with Crippen LogP contribution < -0.4 is 15.4 Å². The summed E-state index contributed by atoms with van der Waals surface area (Å²) in [7, 11) is 0. The minimum atomic E-state index is -0.897. The summed E-state index contributed by atoms with van der Waals surface area (Å²) < 4.78 is 6.55. The van der Waals surface area contributed by atoms with Gasteiger partial charge in [0.15, 0.2) is 0 Å². The predicted molar refractivity (Wildman–Crippen MR) is 171 cm³/mol. The SMILES string of the molecule is Cc1ncsc1-c1ccc(C(C)NC(=O)[C@@H]2C[C@@H](O)CN2C(=O)C(NC(=O)CCOc2cccc(Br)c2)C(C)(C)C)cc1. The number of carbonyl (C=O) groups is 3. The quantitative estimate of drug-likeness (QED) is 0.279. The first kappa shape index (κ1) is 32.6. The van der Waals surface area contributed by atoms with Gasteiger partial charge in [-0.25, -0.2) is 4.98 Å². The van der Waals surface area contributed by atoms with Crippen molar-refractivity contribution in [1.82, 2.24) is 20.5 Å². The third kappa shape index (κ3) is 8.43. The molecule has 43 heavy (non-hydrogen) atoms. The smallest absolute Gasteiger partial charge is 0.246 e. The van der Waals surface area contributed by atoms with Gasteiger partial charge in [0.1, 0.15) is 17.8 Å². The lowest BCUT2D eigenvalue weighted by atomic mass is 9.85. The second kappa shape index (κ2) is 14.0. The molecule has 1 aliphatic heterocycles. The normalized spacial score (nSPS) is 18.2. The number of aryl methyl sites for hydroxylation is 1. The first-order valence-corrected chi connectivity index (χ1v) is 16.0. The zero-order chi connectivity index (χ0) is 31.3. The molecule has 1 saturated heterocycles. The Bertz CT molecular complexity index is 1440. The van der Waals surface area contributed by atoms with E-state index >= 15 is 0 Å². The van der Waals surface area contributed by atoms with Crippen molar-refractivity contribution in [3.63, 3.8) is 0 Å². The van der Waals surface area contributed by atoms with Crippen LogP contribution >= 0.6 is 27.3 Å². The fourth-order valence-electron chi connectivity index (χ4n) is 5.07. The minimum Gasteiger partial charge on any atom is -0.493 e. The molecule has 4 atom stereocenters. The molecule has 0 radical (unpaired) electrons. The number of hydrogen-bond donors (Lipinski definition) is 3. The van der Waals surface area contributed by atoms with Crippen LogP contribution in [-0.2, 0) is 14.4 Å². The zero-order valence-corrected chi connectivity index (χ0v) is 27.5. The van der Waals surface area contributed by atoms with Crippen LogP contribution in [0.2, 0.25) is 0 Å². The molecule has 0 saturated carbocycles. The first-order valence-electron chi connectivity index (χ1n) is 14.3. The Balaban J connectivity index is 1.39. The molecule has 0 aliphatic carbocycles. The molecule has 0 bridgehead atoms. The van der Waals surface area contributed by atoms with Crippen LogP contribution in [0.25, 0.3) is 10.4 Å². The summed E-state index contributed by atoms with van der Waals surface area (Å²) in [4.78, 5) is 47.0. The summed E-state index contributed by atoms with van der Waals surface area (Å²) in [5.41, 5.74) is 4.13. The van der Waals surface area contributed by atoms with E-state index in [0.717, 1.165) is 26.2 Å². The maximum Gasteiger partial charge on any atom is 0.246 e. The molecule has 11 heteroatoms. The monoisotopic (exact) mass is 670 g/mol. The number of β-amino-alcohol motifs (C(OH)–C–C–N with tert-alkyl or cyclic N) is 1. The number of ether oxygens (including phenoxy) is 1. The van der Waals surface area contributed by atoms with Gasteiger partial charge in [0, 0.05) is 17.4 Å². The first-order chi connectivity index (χ1) is 20.3. The van der Waals surface area contributed by atoms with Gasteiger partial charge in [-0.1, -0.05) is 67.0 Å². The fourth-order valence-corrected chi connectivity index (χ4v) is 6.26. The summed E-state index contributed by atoms with van der Waals surface area (Å²) in [6.07, 6.45) is -0.663. The van der Waals surface area contributed by atoms with Gasteiger partial charge in [0.05, 0.1) is 41.3 Å². The standard InChI is InChI=1S/C32H39BrN4O5S/c1-19(21-9-11-22(12-10-21)28-20(2)34-18-43-28)35-30(40)26-16-24(38)17-37(26)31(41)29(32(3,4)5)36-27(39)13-14-42-25-8-6-7-23(33)15-25/h6-12,15,18-19,24,26,29,38H,13-14,16-17H2,1-5H3,(H,35,40)(H,36,39)/t19?,24-,26+,29?/m1/s1. The predicted octanol–water partition coefficient (Wildman–Crippen LogP) is 5.02. The van der Waals surface area contributed by atoms with E-state index in [1.54, 1.807) is 17.4 Å². The molecule has 230 valence electrons. The number of thiazole rings is 1. The Morgan fingerprint density at radius 3 is 2.51 bits per heavy atom. The highest BCUT2D eigenvalue weighted by Gasteiger charge is 2.44. The Kier molecular flexibility index (Phi) is 10.6. The Hall–Kier alpha value is -3.28. The summed E-state index contributed by atoms with van der Waals surface area (Å²) in [6.45, 7) is 9.59. The summed E-state index contributed by atoms with van der Waals surface area (Å²) in [5.74, 6) is -0.455. The number of hydrogen-bond acceptors (Lipinski definition) is 7. The fraction of sp³-hybridized carbons (Fsp3) is 0.438. The molecule has 1 fully saturated rings. The van der Waals surface area contributed by atoms with Crippen LogP contribution in [0.3, 0.4) is 0 Å². The molecular formula is C32H39BrN4O5S. The molecule has 9 nitrogen and oxygen atoms in total. The highest BCUT2D eigenvalue weighted by Crippen LogP contribution is 2.29. The molecule has 1 aromatic heterocycles. The number of aliphatic hydroxyl groups is 1. The molecule has 2 heterocycles. The summed E-state index contributed by atoms with van der Waals surface area (Å²) >= 11 is 4.97. The van der Waals surface area contributed by atoms with Crippen LogP contribution in [0, 0.1) is 12.3 Å². The molecule has 2 unspecified atom stereocenters. The number of rotatable bonds is 10. The van der Waals surface area contributed by atoms with Gasteiger partial charge in [0.2, 0.25) is 17.7 Å². The maximum atomic E-state index is 13.8. The average Bonchev–Trinajstić information content (AvgIpc) is 3.56. The van der Waals surface area contributed by atoms with Crippen molar-refractivity contribution >= 4 is 45.0 Å². The van der Waals surface area contributed by atoms with Crippen LogP contribution in [-0.4, -0.2) is 64.1 Å². The number of nitrogens with one attached hydrogen (secondary N) is 2. The van der Waals surface area contributed by atoms with E-state index < -0.39 is 29.5 Å². The van der Waals surface area contributed by atoms with Gasteiger partial charge in [-0.2, -0.15) is 0 Å². The third-order valence-corrected chi connectivity index (χ3v) is 8.93. The number of amides is 3. The number of carbonyl (C=O) groups excluding carboxylic acids is 3. The van der Waals surface area contributed by atoms with E-state index in [4.69, 9.17) is 4.74 Å². The van der Waals surface area contributed by atoms with Crippen LogP contribution in [0.15, 0.2) is 58.5 Å². The van der Waals surface area contributed by atoms with E-state index in [2.05, 4.69) is 31.5 Å². The van der Waals surface area contributed by atoms with Crippen LogP contribution in [0.5, 0.6) is 5.75 Å². The van der Waals surface area contributed by atoms with Crippen molar-refractivity contribution in [2.24, 2.45) is 5.41 Å². The average molecular weight is 672 g/mol. The van der Waals surface area contributed by atoms with E-state index in [1.807, 2.05) is 82.6 Å². The molecule has 3 amide bonds. The van der Waals surface area contributed by atoms with Gasteiger partial charge in [-0.3, -0.25) is 14.4 Å². The number of nitrogens with zero attached hydrogens (tertiary/aromatic N) is 2. The largest absolute Gasteiger partial charge is 0.493 e. The van der Waals surface area contributed by atoms with Crippen molar-refractivity contribution in [2.45, 2.75) is 71.7 Å². The molecule has 3 N–H and O–H groups in total. The topological polar surface area (TPSA) is 121 Å². The maximum absolute atomic E-state index is 13.8. The molecule has 3 aromatic rings. The van der Waals surface area contributed by atoms with Crippen molar-refractivity contribution in [3.8, 4) is 16.2 Å². The lowest BCUT2D eigenvalue weighted by Crippen LogP contribution is -2.58. The van der Waals surface area contributed by atoms with Gasteiger partial charge >= 0.3 is 0 Å². The van der Waals surface area contributed by atoms with E-state index in [-0.39, 0.29) is 43.8 Å². The molecule has 0 spiro atoms. The van der Waals surface area contributed by atoms with Gasteiger partial charge < -0.3 is 25.4 Å². The van der Waals surface area contributed by atoms with Crippen molar-refractivity contribution in [2.75, 3.05) is 13.2 Å². The molecule has 1 aliphatic rings. The number of aromatic nitrogens is 1. The third-order valence-electron chi connectivity index (χ3n) is 7.45. The summed E-state index contributed by atoms with van der Waals surface area (Å²) in [5, 5.41) is 16.4. The molecular weight excluding hydrogens is 632 g/mol. The Labute approximate surface area is 265 Å². The minimum absolute atomic E-state index is 0.0165. The lowest BCUT2D eigenvalue weighted by Gasteiger charge is -2.35. The molecule has 2 aromatic carbocycles. The highest BCUT2D eigenvalue weighted by atomic mass is 79.9. The number of aliphatic hydroxyl groups excluding tert-OH is 1. The molecule has 4 rings (SSSR count). The van der Waals surface area contributed by atoms with E-state index in [1.165, 1.54) is 4.90 Å². The van der Waals surface area contributed by atoms with Crippen molar-refractivity contribution in [1.29, 1.82) is 0 Å². The number of halogens is 1. The second-order valence-electron chi connectivity index (χ2n) is 11.9. The van der Waals surface area contributed by atoms with Crippen molar-refractivity contribution < 1.29 is 24.2 Å². The van der Waals surface area contributed by atoms with Crippen LogP contribution in [0.1, 0.15) is 57.8 Å². The lowest BCUT2D eigenvalue weighted by molar-refractivity contribution is -0.144. The Morgan fingerprint density at radius 1 is 1.16 bits per heavy atom. The number of benzene rings is 2. The van der Waals surface area contributed by atoms with E-state index in [0.29, 0.717) is 5.75 Å².